The van der Waals surface area contributed by atoms with Gasteiger partial charge in [0.05, 0.1) is 22.6 Å². The van der Waals surface area contributed by atoms with E-state index in [4.69, 9.17) is 0 Å². The van der Waals surface area contributed by atoms with E-state index in [-0.39, 0.29) is 23.1 Å². The number of thioether (sulfide) groups is 1. The van der Waals surface area contributed by atoms with E-state index >= 15 is 0 Å². The number of para-hydroxylation sites is 1. The summed E-state index contributed by atoms with van der Waals surface area (Å²) < 4.78 is 0. The van der Waals surface area contributed by atoms with Crippen LogP contribution in [0.1, 0.15) is 54.7 Å². The smallest absolute Gasteiger partial charge is 0.259 e. The third kappa shape index (κ3) is 4.65. The second-order valence-electron chi connectivity index (χ2n) is 8.69. The van der Waals surface area contributed by atoms with E-state index in [1.165, 1.54) is 28.6 Å². The van der Waals surface area contributed by atoms with Crippen molar-refractivity contribution in [1.82, 2.24) is 25.1 Å². The number of H-pyrrole nitrogens is 2. The van der Waals surface area contributed by atoms with Crippen LogP contribution in [0.15, 0.2) is 29.1 Å². The van der Waals surface area contributed by atoms with Crippen LogP contribution in [0.4, 0.5) is 5.69 Å². The molecular formula is C24H26N6O2S2. The Balaban J connectivity index is 1.24. The molecule has 0 saturated heterocycles. The van der Waals surface area contributed by atoms with Crippen molar-refractivity contribution in [3.8, 4) is 11.4 Å². The monoisotopic (exact) mass is 494 g/mol. The van der Waals surface area contributed by atoms with E-state index in [0.29, 0.717) is 23.1 Å². The molecule has 1 aliphatic rings. The number of thiophene rings is 1. The minimum absolute atomic E-state index is 0.0642. The molecule has 1 aliphatic carbocycles. The molecule has 176 valence electrons. The fraction of sp³-hybridized carbons (Fsp3) is 0.375. The number of nitrogens with zero attached hydrogens (tertiary/aromatic N) is 3. The van der Waals surface area contributed by atoms with Crippen molar-refractivity contribution in [3.05, 3.63) is 56.7 Å². The van der Waals surface area contributed by atoms with E-state index in [1.54, 1.807) is 11.3 Å². The Morgan fingerprint density at radius 1 is 1.21 bits per heavy atom. The lowest BCUT2D eigenvalue weighted by atomic mass is 9.97. The number of fused-ring (bicyclic) bond motifs is 3. The number of amides is 1. The number of nitrogens with one attached hydrogen (secondary N) is 3. The molecule has 1 amide bonds. The van der Waals surface area contributed by atoms with Gasteiger partial charge in [-0.15, -0.1) is 23.1 Å². The molecule has 1 aromatic carbocycles. The number of hydrogen-bond acceptors (Lipinski definition) is 7. The number of carbonyl (C=O) groups excluding carboxylic acids is 1. The number of carbonyl (C=O) groups is 1. The standard InChI is InChI=1S/C24H26N6O2S2/c1-13(2)21-28-22(30-29-21)14-7-3-5-9-16(14)25-19(31)12-33-11-18-26-23(32)20-15-8-4-6-10-17(15)34-24(20)27-18/h3,5,7,9,13H,4,6,8,10-12H2,1-2H3,(H,25,31)(H,26,27,32)(H,28,29,30). The molecule has 0 atom stereocenters. The van der Waals surface area contributed by atoms with Gasteiger partial charge in [-0.05, 0) is 43.4 Å². The van der Waals surface area contributed by atoms with Crippen molar-refractivity contribution in [2.24, 2.45) is 0 Å². The molecule has 34 heavy (non-hydrogen) atoms. The summed E-state index contributed by atoms with van der Waals surface area (Å²) in [4.78, 5) is 39.6. The van der Waals surface area contributed by atoms with Crippen LogP contribution in [-0.2, 0) is 23.4 Å². The normalized spacial score (nSPS) is 13.4. The highest BCUT2D eigenvalue weighted by Crippen LogP contribution is 2.33. The Hall–Kier alpha value is -2.98. The Morgan fingerprint density at radius 3 is 2.85 bits per heavy atom. The molecule has 0 saturated carbocycles. The molecule has 8 nitrogen and oxygen atoms in total. The molecule has 0 radical (unpaired) electrons. The molecule has 3 heterocycles. The SMILES string of the molecule is CC(C)c1nc(-c2ccccc2NC(=O)CSCc2nc3sc4c(c3c(=O)[nH]2)CCCC4)n[nH]1. The first-order valence-corrected chi connectivity index (χ1v) is 13.4. The van der Waals surface area contributed by atoms with Gasteiger partial charge in [0.15, 0.2) is 5.82 Å². The summed E-state index contributed by atoms with van der Waals surface area (Å²) in [6.07, 6.45) is 4.30. The Morgan fingerprint density at radius 2 is 2.03 bits per heavy atom. The van der Waals surface area contributed by atoms with E-state index in [2.05, 4.69) is 30.5 Å². The highest BCUT2D eigenvalue weighted by atomic mass is 32.2. The Kier molecular flexibility index (Phi) is 6.51. The average molecular weight is 495 g/mol. The fourth-order valence-corrected chi connectivity index (χ4v) is 6.11. The van der Waals surface area contributed by atoms with E-state index in [1.807, 2.05) is 38.1 Å². The van der Waals surface area contributed by atoms with Gasteiger partial charge in [0, 0.05) is 16.4 Å². The average Bonchev–Trinajstić information content (AvgIpc) is 3.45. The van der Waals surface area contributed by atoms with Gasteiger partial charge in [0.2, 0.25) is 5.91 Å². The summed E-state index contributed by atoms with van der Waals surface area (Å²) in [6, 6.07) is 7.49. The van der Waals surface area contributed by atoms with Crippen LogP contribution < -0.4 is 10.9 Å². The molecule has 5 rings (SSSR count). The van der Waals surface area contributed by atoms with Gasteiger partial charge >= 0.3 is 0 Å². The van der Waals surface area contributed by atoms with Gasteiger partial charge in [0.1, 0.15) is 16.5 Å². The number of anilines is 1. The van der Waals surface area contributed by atoms with Crippen LogP contribution in [0.2, 0.25) is 0 Å². The van der Waals surface area contributed by atoms with E-state index in [0.717, 1.165) is 40.9 Å². The lowest BCUT2D eigenvalue weighted by Gasteiger charge is -2.09. The van der Waals surface area contributed by atoms with Gasteiger partial charge in [-0.2, -0.15) is 5.10 Å². The number of rotatable bonds is 7. The number of aromatic amines is 2. The lowest BCUT2D eigenvalue weighted by Crippen LogP contribution is -2.16. The Bertz CT molecular complexity index is 1400. The molecule has 4 aromatic rings. The Labute approximate surface area is 205 Å². The van der Waals surface area contributed by atoms with Crippen molar-refractivity contribution < 1.29 is 4.79 Å². The van der Waals surface area contributed by atoms with Crippen LogP contribution in [-0.4, -0.2) is 36.8 Å². The summed E-state index contributed by atoms with van der Waals surface area (Å²) in [5.41, 5.74) is 2.55. The second-order valence-corrected chi connectivity index (χ2v) is 10.8. The van der Waals surface area contributed by atoms with Crippen molar-refractivity contribution in [3.63, 3.8) is 0 Å². The molecule has 3 aromatic heterocycles. The predicted octanol–water partition coefficient (Wildman–Crippen LogP) is 4.64. The number of benzene rings is 1. The summed E-state index contributed by atoms with van der Waals surface area (Å²) in [7, 11) is 0. The zero-order valence-corrected chi connectivity index (χ0v) is 20.7. The number of aromatic nitrogens is 5. The molecular weight excluding hydrogens is 468 g/mol. The first kappa shape index (κ1) is 22.8. The number of aryl methyl sites for hydroxylation is 2. The van der Waals surface area contributed by atoms with E-state index in [9.17, 15) is 9.59 Å². The maximum atomic E-state index is 12.7. The molecule has 0 bridgehead atoms. The first-order valence-electron chi connectivity index (χ1n) is 11.4. The zero-order valence-electron chi connectivity index (χ0n) is 19.1. The van der Waals surface area contributed by atoms with Crippen molar-refractivity contribution in [1.29, 1.82) is 0 Å². The topological polar surface area (TPSA) is 116 Å². The van der Waals surface area contributed by atoms with Gasteiger partial charge in [0.25, 0.3) is 5.56 Å². The molecule has 0 aliphatic heterocycles. The van der Waals surface area contributed by atoms with Crippen LogP contribution in [0.25, 0.3) is 21.6 Å². The largest absolute Gasteiger partial charge is 0.325 e. The minimum atomic E-state index is -0.132. The highest BCUT2D eigenvalue weighted by molar-refractivity contribution is 7.99. The third-order valence-electron chi connectivity index (χ3n) is 5.84. The van der Waals surface area contributed by atoms with Crippen molar-refractivity contribution in [2.75, 3.05) is 11.1 Å². The lowest BCUT2D eigenvalue weighted by molar-refractivity contribution is -0.113. The van der Waals surface area contributed by atoms with Crippen LogP contribution >= 0.6 is 23.1 Å². The van der Waals surface area contributed by atoms with Gasteiger partial charge in [-0.1, -0.05) is 26.0 Å². The summed E-state index contributed by atoms with van der Waals surface area (Å²) in [5, 5.41) is 11.0. The minimum Gasteiger partial charge on any atom is -0.325 e. The first-order chi connectivity index (χ1) is 16.5. The summed E-state index contributed by atoms with van der Waals surface area (Å²) in [6.45, 7) is 4.09. The van der Waals surface area contributed by atoms with E-state index < -0.39 is 0 Å². The molecule has 0 spiro atoms. The molecule has 0 fully saturated rings. The number of hydrogen-bond donors (Lipinski definition) is 3. The summed E-state index contributed by atoms with van der Waals surface area (Å²) in [5.74, 6) is 2.77. The van der Waals surface area contributed by atoms with Crippen molar-refractivity contribution >= 4 is 44.9 Å². The molecule has 10 heteroatoms. The fourth-order valence-electron chi connectivity index (χ4n) is 4.14. The van der Waals surface area contributed by atoms with Gasteiger partial charge < -0.3 is 10.3 Å². The maximum absolute atomic E-state index is 12.7. The summed E-state index contributed by atoms with van der Waals surface area (Å²) >= 11 is 3.06. The highest BCUT2D eigenvalue weighted by Gasteiger charge is 2.20. The van der Waals surface area contributed by atoms with Crippen LogP contribution in [0.3, 0.4) is 0 Å². The van der Waals surface area contributed by atoms with Crippen LogP contribution in [0, 0.1) is 0 Å². The molecule has 3 N–H and O–H groups in total. The second kappa shape index (κ2) is 9.71. The van der Waals surface area contributed by atoms with Crippen LogP contribution in [0.5, 0.6) is 0 Å². The maximum Gasteiger partial charge on any atom is 0.259 e. The van der Waals surface area contributed by atoms with Gasteiger partial charge in [-0.25, -0.2) is 9.97 Å². The van der Waals surface area contributed by atoms with Gasteiger partial charge in [-0.3, -0.25) is 14.7 Å². The zero-order chi connectivity index (χ0) is 23.7. The quantitative estimate of drug-likeness (QED) is 0.345. The predicted molar refractivity (Wildman–Crippen MR) is 138 cm³/mol. The molecule has 0 unspecified atom stereocenters. The third-order valence-corrected chi connectivity index (χ3v) is 7.97. The van der Waals surface area contributed by atoms with Crippen molar-refractivity contribution in [2.45, 2.75) is 51.2 Å².